The molecule has 1 amide bonds. The van der Waals surface area contributed by atoms with E-state index in [1.54, 1.807) is 32.0 Å². The normalized spacial score (nSPS) is 26.2. The van der Waals surface area contributed by atoms with Crippen molar-refractivity contribution in [2.24, 2.45) is 5.92 Å². The Bertz CT molecular complexity index is 2390. The Balaban J connectivity index is 1.12. The number of hydrogen-bond acceptors (Lipinski definition) is 17. The summed E-state index contributed by atoms with van der Waals surface area (Å²) >= 11 is 11.1. The number of aliphatic hydroxyl groups excluding tert-OH is 2. The number of aromatic amines is 1. The molecule has 25 heteroatoms. The summed E-state index contributed by atoms with van der Waals surface area (Å²) in [5, 5.41) is 23.8. The Labute approximate surface area is 324 Å². The monoisotopic (exact) mass is 838 g/mol. The molecule has 0 spiro atoms. The largest absolute Gasteiger partial charge is 0.451 e. The summed E-state index contributed by atoms with van der Waals surface area (Å²) in [7, 11) is 0. The van der Waals surface area contributed by atoms with Crippen molar-refractivity contribution >= 4 is 76.1 Å². The first-order valence-electron chi connectivity index (χ1n) is 16.7. The molecule has 4 aromatic heterocycles. The molecule has 2 fully saturated rings. The number of nitrogens with one attached hydrogen (secondary N) is 2. The predicted molar refractivity (Wildman–Crippen MR) is 195 cm³/mol. The smallest absolute Gasteiger partial charge is 0.338 e. The lowest BCUT2D eigenvalue weighted by atomic mass is 10.1. The predicted octanol–water partition coefficient (Wildman–Crippen LogP) is 1.12. The van der Waals surface area contributed by atoms with E-state index in [2.05, 4.69) is 35.2 Å². The number of amides is 1. The zero-order chi connectivity index (χ0) is 40.1. The molecular weight excluding hydrogens is 806 g/mol. The van der Waals surface area contributed by atoms with Crippen molar-refractivity contribution in [1.82, 2.24) is 39.0 Å². The number of benzene rings is 1. The summed E-state index contributed by atoms with van der Waals surface area (Å²) in [6.07, 6.45) is -10.3. The fourth-order valence-corrected chi connectivity index (χ4v) is 7.65. The average molecular weight is 839 g/mol. The van der Waals surface area contributed by atoms with Gasteiger partial charge in [-0.05, 0) is 35.5 Å². The molecule has 0 saturated carbocycles. The molecule has 298 valence electrons. The van der Waals surface area contributed by atoms with Gasteiger partial charge in [0.05, 0.1) is 31.4 Å². The zero-order valence-corrected chi connectivity index (χ0v) is 31.5. The lowest BCUT2D eigenvalue weighted by Gasteiger charge is -2.25. The van der Waals surface area contributed by atoms with Crippen LogP contribution in [0, 0.1) is 5.92 Å². The number of imidazole rings is 2. The van der Waals surface area contributed by atoms with E-state index in [1.165, 1.54) is 27.6 Å². The number of carbonyl (C=O) groups excluding carboxylic acids is 2. The first kappa shape index (κ1) is 39.7. The number of nitrogen functional groups attached to an aromatic ring is 1. The summed E-state index contributed by atoms with van der Waals surface area (Å²) in [5.74, 6) is -2.01. The number of ether oxygens (including phenoxy) is 3. The first-order chi connectivity index (χ1) is 26.6. The van der Waals surface area contributed by atoms with Gasteiger partial charge in [0.1, 0.15) is 29.9 Å². The van der Waals surface area contributed by atoms with E-state index in [0.717, 1.165) is 6.33 Å². The molecule has 0 aliphatic carbocycles. The Morgan fingerprint density at radius 1 is 1.07 bits per heavy atom. The van der Waals surface area contributed by atoms with Crippen LogP contribution >= 0.6 is 18.3 Å². The van der Waals surface area contributed by atoms with Gasteiger partial charge in [0.2, 0.25) is 17.1 Å². The molecule has 2 saturated heterocycles. The van der Waals surface area contributed by atoms with Crippen LogP contribution in [0.2, 0.25) is 5.28 Å². The molecule has 1 aromatic carbocycles. The highest BCUT2D eigenvalue weighted by molar-refractivity contribution is 8.07. The van der Waals surface area contributed by atoms with Crippen LogP contribution in [0.25, 0.3) is 22.3 Å². The molecule has 5 aromatic rings. The fourth-order valence-electron chi connectivity index (χ4n) is 6.05. The van der Waals surface area contributed by atoms with Gasteiger partial charge >= 0.3 is 12.7 Å². The molecule has 7 N–H and O–H groups in total. The minimum absolute atomic E-state index is 0.0265. The van der Waals surface area contributed by atoms with Gasteiger partial charge in [0.25, 0.3) is 5.56 Å². The van der Waals surface area contributed by atoms with E-state index in [0.29, 0.717) is 0 Å². The minimum Gasteiger partial charge on any atom is -0.451 e. The SMILES string of the molecule is CC(C)C(=O)Nc1nc2c(ncn2[C@@H]2O[C@H](COP(O)(=S)OC3[C@@H](F)[C@H](n4cnc5c(N)nc(Cl)nc54)O[C@@H]3CO)C(O)[C@@H]2OC(=O)c2ccccc2)c(=O)[nH]1. The number of alkyl halides is 1. The highest BCUT2D eigenvalue weighted by Crippen LogP contribution is 2.50. The number of H-pyrrole nitrogens is 1. The molecule has 2 aliphatic heterocycles. The maximum absolute atomic E-state index is 16.0. The third-order valence-corrected chi connectivity index (χ3v) is 10.6. The zero-order valence-electron chi connectivity index (χ0n) is 29.1. The third kappa shape index (κ3) is 7.74. The van der Waals surface area contributed by atoms with Gasteiger partial charge in [-0.1, -0.05) is 32.0 Å². The van der Waals surface area contributed by atoms with Gasteiger partial charge in [-0.3, -0.25) is 33.5 Å². The molecule has 6 heterocycles. The van der Waals surface area contributed by atoms with Gasteiger partial charge in [-0.25, -0.2) is 19.2 Å². The molecule has 21 nitrogen and oxygen atoms in total. The molecule has 2 aliphatic rings. The van der Waals surface area contributed by atoms with Crippen molar-refractivity contribution in [2.45, 2.75) is 63.0 Å². The topological polar surface area (TPSA) is 286 Å². The molecule has 0 bridgehead atoms. The number of nitrogens with two attached hydrogens (primary N) is 1. The number of aromatic nitrogens is 8. The maximum Gasteiger partial charge on any atom is 0.338 e. The van der Waals surface area contributed by atoms with Crippen molar-refractivity contribution in [3.05, 3.63) is 64.2 Å². The standard InChI is InChI=1S/C31H33ClFN10O11PS/c1-12(2)25(46)40-31-39-24-18(26(47)41-31)36-11-43(24)28-21(53-29(48)13-6-4-3-5-7-13)19(45)15(52-28)9-50-55(49,56)54-20-14(8-44)51-27(16(20)33)42-10-35-17-22(34)37-30(32)38-23(17)42/h3-7,10-12,14-16,19-21,27-28,44-45H,8-9H2,1-2H3,(H,49,56)(H2,34,37,38)(H2,39,40,41,46,47)/t14-,15-,16-,19?,20?,21+,27-,28-,55?/m1/s1. The summed E-state index contributed by atoms with van der Waals surface area (Å²) in [5.41, 5.74) is 5.15. The molecule has 56 heavy (non-hydrogen) atoms. The highest BCUT2D eigenvalue weighted by atomic mass is 35.5. The van der Waals surface area contributed by atoms with Crippen LogP contribution < -0.4 is 16.6 Å². The summed E-state index contributed by atoms with van der Waals surface area (Å²) in [4.78, 5) is 72.4. The second kappa shape index (κ2) is 15.8. The van der Waals surface area contributed by atoms with Crippen LogP contribution in [-0.2, 0) is 39.9 Å². The number of anilines is 2. The van der Waals surface area contributed by atoms with Crippen molar-refractivity contribution in [2.75, 3.05) is 24.3 Å². The van der Waals surface area contributed by atoms with E-state index >= 15 is 4.39 Å². The summed E-state index contributed by atoms with van der Waals surface area (Å²) in [6, 6.07) is 7.86. The number of halogens is 2. The quantitative estimate of drug-likeness (QED) is 0.0583. The second-order valence-electron chi connectivity index (χ2n) is 12.9. The third-order valence-electron chi connectivity index (χ3n) is 8.84. The van der Waals surface area contributed by atoms with Gasteiger partial charge < -0.3 is 39.6 Å². The fraction of sp³-hybridized carbons (Fsp3) is 0.419. The summed E-state index contributed by atoms with van der Waals surface area (Å²) < 4.78 is 47.0. The average Bonchev–Trinajstić information content (AvgIpc) is 3.92. The van der Waals surface area contributed by atoms with E-state index in [4.69, 9.17) is 52.4 Å². The number of esters is 1. The lowest BCUT2D eigenvalue weighted by Crippen LogP contribution is -2.37. The first-order valence-corrected chi connectivity index (χ1v) is 19.7. The molecule has 7 rings (SSSR count). The van der Waals surface area contributed by atoms with Crippen molar-refractivity contribution in [3.63, 3.8) is 0 Å². The Morgan fingerprint density at radius 2 is 1.73 bits per heavy atom. The van der Waals surface area contributed by atoms with Gasteiger partial charge in [0.15, 0.2) is 47.4 Å². The van der Waals surface area contributed by atoms with Gasteiger partial charge in [-0.2, -0.15) is 15.0 Å². The van der Waals surface area contributed by atoms with Crippen LogP contribution in [0.3, 0.4) is 0 Å². The number of nitrogens with zero attached hydrogens (tertiary/aromatic N) is 7. The van der Waals surface area contributed by atoms with Crippen molar-refractivity contribution in [3.8, 4) is 0 Å². The van der Waals surface area contributed by atoms with Crippen molar-refractivity contribution in [1.29, 1.82) is 0 Å². The van der Waals surface area contributed by atoms with Crippen LogP contribution in [-0.4, -0.2) is 116 Å². The van der Waals surface area contributed by atoms with Crippen LogP contribution in [0.5, 0.6) is 0 Å². The molecule has 9 atom stereocenters. The number of rotatable bonds is 12. The number of carbonyl (C=O) groups is 2. The molecular formula is C31H33ClFN10O11PS. The van der Waals surface area contributed by atoms with E-state index in [-0.39, 0.29) is 44.9 Å². The Kier molecular flexibility index (Phi) is 11.2. The van der Waals surface area contributed by atoms with E-state index in [9.17, 15) is 29.5 Å². The molecule has 0 radical (unpaired) electrons. The Morgan fingerprint density at radius 3 is 2.43 bits per heavy atom. The van der Waals surface area contributed by atoms with Crippen LogP contribution in [0.4, 0.5) is 16.2 Å². The van der Waals surface area contributed by atoms with Crippen molar-refractivity contribution < 1.29 is 52.3 Å². The lowest BCUT2D eigenvalue weighted by molar-refractivity contribution is -0.118. The van der Waals surface area contributed by atoms with Crippen LogP contribution in [0.1, 0.15) is 36.7 Å². The van der Waals surface area contributed by atoms with E-state index in [1.807, 2.05) is 0 Å². The maximum atomic E-state index is 16.0. The van der Waals surface area contributed by atoms with Crippen LogP contribution in [0.15, 0.2) is 47.8 Å². The highest BCUT2D eigenvalue weighted by Gasteiger charge is 2.51. The number of fused-ring (bicyclic) bond motifs is 2. The molecule has 3 unspecified atom stereocenters. The number of aliphatic hydroxyl groups is 2. The second-order valence-corrected chi connectivity index (χ2v) is 16.0. The van der Waals surface area contributed by atoms with Gasteiger partial charge in [0, 0.05) is 5.92 Å². The van der Waals surface area contributed by atoms with E-state index < -0.39 is 92.4 Å². The number of hydrogen-bond donors (Lipinski definition) is 6. The summed E-state index contributed by atoms with van der Waals surface area (Å²) in [6.45, 7) is -2.61. The van der Waals surface area contributed by atoms with Gasteiger partial charge in [-0.15, -0.1) is 0 Å². The Hall–Kier alpha value is -4.55. The minimum atomic E-state index is -4.43.